The van der Waals surface area contributed by atoms with Gasteiger partial charge in [0.15, 0.2) is 0 Å². The molecule has 1 aliphatic heterocycles. The molecule has 0 bridgehead atoms. The van der Waals surface area contributed by atoms with Crippen molar-refractivity contribution in [3.63, 3.8) is 0 Å². The summed E-state index contributed by atoms with van der Waals surface area (Å²) in [6, 6.07) is 5.07. The molecule has 0 spiro atoms. The lowest BCUT2D eigenvalue weighted by atomic mass is 9.90. The van der Waals surface area contributed by atoms with Gasteiger partial charge in [0.1, 0.15) is 15.2 Å². The van der Waals surface area contributed by atoms with Crippen molar-refractivity contribution in [3.8, 4) is 6.07 Å². The average Bonchev–Trinajstić information content (AvgIpc) is 2.81. The highest BCUT2D eigenvalue weighted by atomic mass is 32.2. The lowest BCUT2D eigenvalue weighted by Crippen LogP contribution is -2.41. The van der Waals surface area contributed by atoms with Crippen LogP contribution in [0, 0.1) is 23.2 Å². The third-order valence-corrected chi connectivity index (χ3v) is 6.91. The summed E-state index contributed by atoms with van der Waals surface area (Å²) in [5.74, 6) is 0.943. The van der Waals surface area contributed by atoms with Crippen molar-refractivity contribution in [1.82, 2.24) is 4.31 Å². The third kappa shape index (κ3) is 2.44. The van der Waals surface area contributed by atoms with Gasteiger partial charge in [-0.2, -0.15) is 9.57 Å². The monoisotopic (exact) mass is 284 g/mol. The van der Waals surface area contributed by atoms with Gasteiger partial charge in [-0.05, 0) is 30.4 Å². The van der Waals surface area contributed by atoms with E-state index in [0.29, 0.717) is 29.8 Å². The average molecular weight is 284 g/mol. The molecule has 4 nitrogen and oxygen atoms in total. The van der Waals surface area contributed by atoms with Crippen molar-refractivity contribution in [2.75, 3.05) is 13.1 Å². The number of sulfonamides is 1. The summed E-state index contributed by atoms with van der Waals surface area (Å²) in [5, 5.41) is 8.76. The molecule has 2 rings (SSSR count). The van der Waals surface area contributed by atoms with Crippen molar-refractivity contribution < 1.29 is 8.42 Å². The molecular weight excluding hydrogens is 268 g/mol. The van der Waals surface area contributed by atoms with Gasteiger partial charge in [0, 0.05) is 13.1 Å². The number of nitriles is 1. The number of hydrogen-bond acceptors (Lipinski definition) is 4. The van der Waals surface area contributed by atoms with Crippen molar-refractivity contribution in [2.45, 2.75) is 24.5 Å². The van der Waals surface area contributed by atoms with Crippen LogP contribution in [0.1, 0.15) is 25.1 Å². The molecule has 1 aromatic heterocycles. The highest BCUT2D eigenvalue weighted by Crippen LogP contribution is 2.30. The van der Waals surface area contributed by atoms with Crippen LogP contribution in [0.3, 0.4) is 0 Å². The largest absolute Gasteiger partial charge is 0.252 e. The minimum absolute atomic E-state index is 0.279. The summed E-state index contributed by atoms with van der Waals surface area (Å²) in [5.41, 5.74) is 0. The van der Waals surface area contributed by atoms with Crippen LogP contribution >= 0.6 is 11.3 Å². The molecule has 2 unspecified atom stereocenters. The van der Waals surface area contributed by atoms with Gasteiger partial charge in [0.05, 0.1) is 0 Å². The van der Waals surface area contributed by atoms with E-state index in [0.717, 1.165) is 17.8 Å². The number of nitrogens with zero attached hydrogens (tertiary/aromatic N) is 2. The fourth-order valence-electron chi connectivity index (χ4n) is 2.09. The molecule has 0 amide bonds. The van der Waals surface area contributed by atoms with Gasteiger partial charge in [-0.3, -0.25) is 0 Å². The fraction of sp³-hybridized carbons (Fsp3) is 0.583. The van der Waals surface area contributed by atoms with Crippen LogP contribution in [-0.2, 0) is 10.0 Å². The molecule has 0 saturated carbocycles. The highest BCUT2D eigenvalue weighted by molar-refractivity contribution is 7.91. The second-order valence-electron chi connectivity index (χ2n) is 4.84. The normalized spacial score (nSPS) is 25.8. The van der Waals surface area contributed by atoms with E-state index in [1.165, 1.54) is 6.07 Å². The summed E-state index contributed by atoms with van der Waals surface area (Å²) < 4.78 is 26.6. The SMILES string of the molecule is CC1CCN(S(=O)(=O)c2ccc(C#N)s2)CC1C. The van der Waals surface area contributed by atoms with Crippen molar-refractivity contribution in [2.24, 2.45) is 11.8 Å². The minimum atomic E-state index is -3.41. The van der Waals surface area contributed by atoms with Crippen LogP contribution in [0.5, 0.6) is 0 Å². The molecule has 2 atom stereocenters. The minimum Gasteiger partial charge on any atom is -0.206 e. The summed E-state index contributed by atoms with van der Waals surface area (Å²) >= 11 is 1.04. The summed E-state index contributed by atoms with van der Waals surface area (Å²) in [4.78, 5) is 0.437. The van der Waals surface area contributed by atoms with Gasteiger partial charge >= 0.3 is 0 Å². The molecule has 0 N–H and O–H groups in total. The molecule has 0 radical (unpaired) electrons. The zero-order valence-corrected chi connectivity index (χ0v) is 12.1. The first-order chi connectivity index (χ1) is 8.45. The summed E-state index contributed by atoms with van der Waals surface area (Å²) in [6.45, 7) is 5.39. The molecule has 1 saturated heterocycles. The number of piperidine rings is 1. The zero-order valence-electron chi connectivity index (χ0n) is 10.5. The van der Waals surface area contributed by atoms with Crippen LogP contribution in [0.25, 0.3) is 0 Å². The van der Waals surface area contributed by atoms with E-state index in [1.54, 1.807) is 10.4 Å². The lowest BCUT2D eigenvalue weighted by Gasteiger charge is -2.34. The summed E-state index contributed by atoms with van der Waals surface area (Å²) in [6.07, 6.45) is 0.900. The number of thiophene rings is 1. The maximum Gasteiger partial charge on any atom is 0.252 e. The molecule has 1 fully saturated rings. The van der Waals surface area contributed by atoms with E-state index in [-0.39, 0.29) is 4.21 Å². The Morgan fingerprint density at radius 2 is 2.11 bits per heavy atom. The molecule has 18 heavy (non-hydrogen) atoms. The van der Waals surface area contributed by atoms with E-state index in [2.05, 4.69) is 13.8 Å². The van der Waals surface area contributed by atoms with Crippen LogP contribution in [0.4, 0.5) is 0 Å². The zero-order chi connectivity index (χ0) is 13.3. The molecule has 0 aromatic carbocycles. The second kappa shape index (κ2) is 5.00. The Morgan fingerprint density at radius 3 is 2.67 bits per heavy atom. The van der Waals surface area contributed by atoms with Crippen LogP contribution in [0.15, 0.2) is 16.3 Å². The first-order valence-electron chi connectivity index (χ1n) is 5.95. The highest BCUT2D eigenvalue weighted by Gasteiger charge is 2.32. The second-order valence-corrected chi connectivity index (χ2v) is 8.09. The summed E-state index contributed by atoms with van der Waals surface area (Å²) in [7, 11) is -3.41. The topological polar surface area (TPSA) is 61.2 Å². The van der Waals surface area contributed by atoms with Crippen molar-refractivity contribution in [3.05, 3.63) is 17.0 Å². The lowest BCUT2D eigenvalue weighted by molar-refractivity contribution is 0.213. The van der Waals surface area contributed by atoms with Crippen molar-refractivity contribution in [1.29, 1.82) is 5.26 Å². The maximum absolute atomic E-state index is 12.4. The van der Waals surface area contributed by atoms with Gasteiger partial charge in [-0.1, -0.05) is 13.8 Å². The first kappa shape index (κ1) is 13.5. The molecule has 1 aromatic rings. The number of hydrogen-bond donors (Lipinski definition) is 0. The first-order valence-corrected chi connectivity index (χ1v) is 8.21. The smallest absolute Gasteiger partial charge is 0.206 e. The van der Waals surface area contributed by atoms with Gasteiger partial charge < -0.3 is 0 Å². The van der Waals surface area contributed by atoms with Crippen LogP contribution < -0.4 is 0 Å². The maximum atomic E-state index is 12.4. The number of rotatable bonds is 2. The predicted octanol–water partition coefficient (Wildman–Crippen LogP) is 2.29. The standard InChI is InChI=1S/C12H16N2O2S2/c1-9-5-6-14(8-10(9)2)18(15,16)12-4-3-11(7-13)17-12/h3-4,9-10H,5-6,8H2,1-2H3. The Hall–Kier alpha value is -0.900. The third-order valence-electron chi connectivity index (χ3n) is 3.58. The molecule has 2 heterocycles. The van der Waals surface area contributed by atoms with Gasteiger partial charge in [0.25, 0.3) is 10.0 Å². The van der Waals surface area contributed by atoms with Gasteiger partial charge in [-0.25, -0.2) is 8.42 Å². The van der Waals surface area contributed by atoms with E-state index < -0.39 is 10.0 Å². The molecule has 0 aliphatic carbocycles. The molecule has 98 valence electrons. The molecule has 6 heteroatoms. The Kier molecular flexibility index (Phi) is 3.76. The van der Waals surface area contributed by atoms with E-state index >= 15 is 0 Å². The predicted molar refractivity (Wildman–Crippen MR) is 70.7 cm³/mol. The molecular formula is C12H16N2O2S2. The van der Waals surface area contributed by atoms with E-state index in [4.69, 9.17) is 5.26 Å². The van der Waals surface area contributed by atoms with Crippen molar-refractivity contribution >= 4 is 21.4 Å². The van der Waals surface area contributed by atoms with Crippen LogP contribution in [-0.4, -0.2) is 25.8 Å². The van der Waals surface area contributed by atoms with Gasteiger partial charge in [0.2, 0.25) is 0 Å². The fourth-order valence-corrected chi connectivity index (χ4v) is 4.90. The van der Waals surface area contributed by atoms with Gasteiger partial charge in [-0.15, -0.1) is 11.3 Å². The quantitative estimate of drug-likeness (QED) is 0.837. The van der Waals surface area contributed by atoms with E-state index in [1.807, 2.05) is 6.07 Å². The Balaban J connectivity index is 2.24. The Labute approximate surface area is 112 Å². The molecule has 1 aliphatic rings. The van der Waals surface area contributed by atoms with Crippen LogP contribution in [0.2, 0.25) is 0 Å². The Bertz CT molecular complexity index is 571. The van der Waals surface area contributed by atoms with E-state index in [9.17, 15) is 8.42 Å². The Morgan fingerprint density at radius 1 is 1.39 bits per heavy atom.